The van der Waals surface area contributed by atoms with Gasteiger partial charge in [0.1, 0.15) is 0 Å². The highest BCUT2D eigenvalue weighted by molar-refractivity contribution is 6.45. The van der Waals surface area contributed by atoms with Crippen molar-refractivity contribution in [2.75, 3.05) is 0 Å². The first kappa shape index (κ1) is 10.6. The van der Waals surface area contributed by atoms with Crippen LogP contribution in [0.1, 0.15) is 10.4 Å². The molecule has 0 fully saturated rings. The molecule has 0 saturated carbocycles. The molecule has 0 heterocycles. The van der Waals surface area contributed by atoms with Gasteiger partial charge in [-0.3, -0.25) is 10.0 Å². The van der Waals surface area contributed by atoms with Gasteiger partial charge in [-0.1, -0.05) is 34.8 Å². The molecule has 6 heteroatoms. The van der Waals surface area contributed by atoms with Gasteiger partial charge in [-0.25, -0.2) is 5.48 Å². The number of nitrogens with one attached hydrogen (secondary N) is 1. The van der Waals surface area contributed by atoms with E-state index in [1.54, 1.807) is 0 Å². The molecule has 0 atom stereocenters. The molecule has 2 N–H and O–H groups in total. The third-order valence-corrected chi connectivity index (χ3v) is 2.36. The minimum Gasteiger partial charge on any atom is -0.288 e. The molecule has 1 aromatic carbocycles. The Morgan fingerprint density at radius 1 is 1.31 bits per heavy atom. The number of hydrogen-bond donors (Lipinski definition) is 2. The molecule has 0 bridgehead atoms. The maximum absolute atomic E-state index is 11.0. The van der Waals surface area contributed by atoms with Crippen LogP contribution in [0.3, 0.4) is 0 Å². The predicted octanol–water partition coefficient (Wildman–Crippen LogP) is 2.77. The van der Waals surface area contributed by atoms with Crippen LogP contribution in [0.25, 0.3) is 0 Å². The van der Waals surface area contributed by atoms with Gasteiger partial charge in [-0.05, 0) is 12.1 Å². The van der Waals surface area contributed by atoms with Crippen LogP contribution >= 0.6 is 34.8 Å². The Bertz CT molecular complexity index is 354. The van der Waals surface area contributed by atoms with Gasteiger partial charge in [-0.2, -0.15) is 0 Å². The van der Waals surface area contributed by atoms with E-state index in [9.17, 15) is 4.79 Å². The second kappa shape index (κ2) is 4.15. The van der Waals surface area contributed by atoms with Gasteiger partial charge in [0.25, 0.3) is 5.91 Å². The number of hydrogen-bond acceptors (Lipinski definition) is 2. The highest BCUT2D eigenvalue weighted by atomic mass is 35.5. The lowest BCUT2D eigenvalue weighted by atomic mass is 10.2. The Balaban J connectivity index is 3.28. The van der Waals surface area contributed by atoms with Crippen molar-refractivity contribution in [1.29, 1.82) is 0 Å². The molecule has 0 radical (unpaired) electrons. The molecule has 0 aliphatic heterocycles. The van der Waals surface area contributed by atoms with Gasteiger partial charge >= 0.3 is 0 Å². The summed E-state index contributed by atoms with van der Waals surface area (Å²) in [6.45, 7) is 0. The van der Waals surface area contributed by atoms with Crippen molar-refractivity contribution in [2.45, 2.75) is 0 Å². The number of amides is 1. The minimum atomic E-state index is -0.755. The van der Waals surface area contributed by atoms with Crippen LogP contribution in [-0.4, -0.2) is 11.1 Å². The smallest absolute Gasteiger partial charge is 0.276 e. The van der Waals surface area contributed by atoms with E-state index in [1.165, 1.54) is 17.6 Å². The van der Waals surface area contributed by atoms with E-state index < -0.39 is 5.91 Å². The highest BCUT2D eigenvalue weighted by Gasteiger charge is 2.13. The summed E-state index contributed by atoms with van der Waals surface area (Å²) < 4.78 is 0. The summed E-state index contributed by atoms with van der Waals surface area (Å²) in [4.78, 5) is 11.0. The van der Waals surface area contributed by atoms with Crippen molar-refractivity contribution in [1.82, 2.24) is 5.48 Å². The quantitative estimate of drug-likeness (QED) is 0.450. The Hall–Kier alpha value is -0.480. The number of hydroxylamine groups is 1. The van der Waals surface area contributed by atoms with Crippen molar-refractivity contribution in [2.24, 2.45) is 0 Å². The summed E-state index contributed by atoms with van der Waals surface area (Å²) in [6.07, 6.45) is 0. The van der Waals surface area contributed by atoms with Gasteiger partial charge in [0.15, 0.2) is 0 Å². The lowest BCUT2D eigenvalue weighted by Gasteiger charge is -2.04. The largest absolute Gasteiger partial charge is 0.288 e. The first-order valence-corrected chi connectivity index (χ1v) is 4.28. The van der Waals surface area contributed by atoms with E-state index >= 15 is 0 Å². The fourth-order valence-electron chi connectivity index (χ4n) is 0.781. The molecule has 13 heavy (non-hydrogen) atoms. The van der Waals surface area contributed by atoms with Crippen molar-refractivity contribution < 1.29 is 10.0 Å². The van der Waals surface area contributed by atoms with E-state index in [-0.39, 0.29) is 20.6 Å². The molecule has 0 aliphatic carbocycles. The van der Waals surface area contributed by atoms with Crippen molar-refractivity contribution in [3.05, 3.63) is 32.8 Å². The zero-order valence-electron chi connectivity index (χ0n) is 6.14. The molecule has 1 aromatic rings. The van der Waals surface area contributed by atoms with E-state index in [4.69, 9.17) is 40.0 Å². The molecule has 0 saturated heterocycles. The maximum Gasteiger partial charge on any atom is 0.276 e. The third kappa shape index (κ3) is 2.25. The van der Waals surface area contributed by atoms with Crippen LogP contribution in [0.2, 0.25) is 15.1 Å². The van der Waals surface area contributed by atoms with E-state index in [0.29, 0.717) is 0 Å². The van der Waals surface area contributed by atoms with Gasteiger partial charge in [0, 0.05) is 5.02 Å². The van der Waals surface area contributed by atoms with E-state index in [1.807, 2.05) is 0 Å². The lowest BCUT2D eigenvalue weighted by Crippen LogP contribution is -2.19. The first-order valence-electron chi connectivity index (χ1n) is 3.15. The maximum atomic E-state index is 11.0. The fraction of sp³-hybridized carbons (Fsp3) is 0. The third-order valence-electron chi connectivity index (χ3n) is 1.34. The van der Waals surface area contributed by atoms with Crippen LogP contribution in [0.5, 0.6) is 0 Å². The standard InChI is InChI=1S/C7H4Cl3NO2/c8-3-1-4(7(12)11-13)6(10)5(9)2-3/h1-2,13H,(H,11,12). The van der Waals surface area contributed by atoms with Crippen LogP contribution in [0.4, 0.5) is 0 Å². The van der Waals surface area contributed by atoms with Crippen molar-refractivity contribution in [3.8, 4) is 0 Å². The molecule has 0 unspecified atom stereocenters. The minimum absolute atomic E-state index is 0.0293. The molecule has 1 rings (SSSR count). The average molecular weight is 240 g/mol. The summed E-state index contributed by atoms with van der Waals surface area (Å²) in [5.41, 5.74) is 1.47. The molecule has 0 aliphatic rings. The number of carbonyl (C=O) groups excluding carboxylic acids is 1. The Morgan fingerprint density at radius 3 is 2.46 bits per heavy atom. The molecular formula is C7H4Cl3NO2. The second-order valence-corrected chi connectivity index (χ2v) is 3.41. The zero-order valence-corrected chi connectivity index (χ0v) is 8.41. The zero-order chi connectivity index (χ0) is 10.0. The predicted molar refractivity (Wildman–Crippen MR) is 50.7 cm³/mol. The summed E-state index contributed by atoms with van der Waals surface area (Å²) >= 11 is 16.9. The lowest BCUT2D eigenvalue weighted by molar-refractivity contribution is 0.0706. The average Bonchev–Trinajstić information content (AvgIpc) is 2.10. The molecule has 0 aromatic heterocycles. The Kier molecular flexibility index (Phi) is 3.39. The molecule has 3 nitrogen and oxygen atoms in total. The number of benzene rings is 1. The van der Waals surface area contributed by atoms with Crippen molar-refractivity contribution >= 4 is 40.7 Å². The number of rotatable bonds is 1. The number of halogens is 3. The van der Waals surface area contributed by atoms with Crippen LogP contribution in [0, 0.1) is 0 Å². The second-order valence-electron chi connectivity index (χ2n) is 2.19. The van der Waals surface area contributed by atoms with Crippen LogP contribution in [-0.2, 0) is 0 Å². The highest BCUT2D eigenvalue weighted by Crippen LogP contribution is 2.29. The van der Waals surface area contributed by atoms with Gasteiger partial charge in [-0.15, -0.1) is 0 Å². The normalized spacial score (nSPS) is 9.85. The molecule has 0 spiro atoms. The summed E-state index contributed by atoms with van der Waals surface area (Å²) in [5.74, 6) is -0.755. The Labute approximate surface area is 89.2 Å². The van der Waals surface area contributed by atoms with E-state index in [0.717, 1.165) is 0 Å². The Morgan fingerprint density at radius 2 is 1.92 bits per heavy atom. The van der Waals surface area contributed by atoms with Crippen LogP contribution < -0.4 is 5.48 Å². The molecular weight excluding hydrogens is 236 g/mol. The van der Waals surface area contributed by atoms with Gasteiger partial charge in [0.05, 0.1) is 15.6 Å². The fourth-order valence-corrected chi connectivity index (χ4v) is 1.47. The van der Waals surface area contributed by atoms with Gasteiger partial charge < -0.3 is 0 Å². The van der Waals surface area contributed by atoms with Crippen LogP contribution in [0.15, 0.2) is 12.1 Å². The topological polar surface area (TPSA) is 49.3 Å². The molecule has 1 amide bonds. The summed E-state index contributed by atoms with van der Waals surface area (Å²) in [5, 5.41) is 8.83. The van der Waals surface area contributed by atoms with E-state index in [2.05, 4.69) is 0 Å². The first-order chi connectivity index (χ1) is 6.06. The SMILES string of the molecule is O=C(NO)c1cc(Cl)cc(Cl)c1Cl. The summed E-state index contributed by atoms with van der Waals surface area (Å²) in [7, 11) is 0. The van der Waals surface area contributed by atoms with Gasteiger partial charge in [0.2, 0.25) is 0 Å². The summed E-state index contributed by atoms with van der Waals surface area (Å²) in [6, 6.07) is 2.71. The molecule has 70 valence electrons. The van der Waals surface area contributed by atoms with Crippen molar-refractivity contribution in [3.63, 3.8) is 0 Å². The monoisotopic (exact) mass is 239 g/mol. The number of carbonyl (C=O) groups is 1.